The van der Waals surface area contributed by atoms with E-state index < -0.39 is 5.41 Å². The van der Waals surface area contributed by atoms with E-state index in [2.05, 4.69) is 50.5 Å². The highest BCUT2D eigenvalue weighted by Crippen LogP contribution is 2.36. The molecule has 4 nitrogen and oxygen atoms in total. The van der Waals surface area contributed by atoms with Gasteiger partial charge >= 0.3 is 0 Å². The van der Waals surface area contributed by atoms with Crippen LogP contribution in [0.4, 0.5) is 0 Å². The Morgan fingerprint density at radius 2 is 1.82 bits per heavy atom. The smallest absolute Gasteiger partial charge is 0.250 e. The number of rotatable bonds is 4. The summed E-state index contributed by atoms with van der Waals surface area (Å²) in [7, 11) is 0. The summed E-state index contributed by atoms with van der Waals surface area (Å²) < 4.78 is 0. The van der Waals surface area contributed by atoms with Gasteiger partial charge in [0.2, 0.25) is 0 Å². The number of hydrazine groups is 1. The monoisotopic (exact) mass is 301 g/mol. The molecule has 22 heavy (non-hydrogen) atoms. The lowest BCUT2D eigenvalue weighted by Crippen LogP contribution is -2.55. The van der Waals surface area contributed by atoms with Crippen LogP contribution in [0, 0.1) is 18.3 Å². The standard InChI is InChI=1S/C18H27N3O/c1-12(2)11-21-17(22)18(4,5)15(10-19)16(20-21)14-8-6-13(3)7-9-14/h6-9,12,20H,10-11,19H2,1-5H3. The SMILES string of the molecule is Cc1ccc(C2=C(CN)C(C)(C)C(=O)N(CC(C)C)N2)cc1. The van der Waals surface area contributed by atoms with Crippen molar-refractivity contribution in [2.75, 3.05) is 13.1 Å². The molecule has 4 heteroatoms. The number of carbonyl (C=O) groups is 1. The van der Waals surface area contributed by atoms with Crippen molar-refractivity contribution < 1.29 is 4.79 Å². The Kier molecular flexibility index (Phi) is 4.61. The van der Waals surface area contributed by atoms with Crippen LogP contribution in [-0.4, -0.2) is 24.0 Å². The minimum atomic E-state index is -0.588. The van der Waals surface area contributed by atoms with E-state index in [1.54, 1.807) is 5.01 Å². The Morgan fingerprint density at radius 1 is 1.23 bits per heavy atom. The molecule has 1 amide bonds. The molecule has 0 unspecified atom stereocenters. The van der Waals surface area contributed by atoms with Gasteiger partial charge in [0, 0.05) is 13.1 Å². The number of nitrogens with one attached hydrogen (secondary N) is 1. The number of carbonyl (C=O) groups excluding carboxylic acids is 1. The first-order valence-electron chi connectivity index (χ1n) is 7.86. The van der Waals surface area contributed by atoms with Crippen LogP contribution in [-0.2, 0) is 4.79 Å². The van der Waals surface area contributed by atoms with Crippen molar-refractivity contribution in [3.63, 3.8) is 0 Å². The molecule has 0 bridgehead atoms. The molecule has 0 saturated heterocycles. The van der Waals surface area contributed by atoms with Crippen molar-refractivity contribution >= 4 is 11.6 Å². The highest BCUT2D eigenvalue weighted by atomic mass is 16.2. The third-order valence-electron chi connectivity index (χ3n) is 4.17. The second-order valence-electron chi connectivity index (χ2n) is 6.97. The average molecular weight is 301 g/mol. The van der Waals surface area contributed by atoms with E-state index in [0.29, 0.717) is 19.0 Å². The zero-order chi connectivity index (χ0) is 16.5. The Morgan fingerprint density at radius 3 is 2.32 bits per heavy atom. The summed E-state index contributed by atoms with van der Waals surface area (Å²) in [6.45, 7) is 11.2. The van der Waals surface area contributed by atoms with Gasteiger partial charge in [0.15, 0.2) is 0 Å². The molecule has 0 saturated carbocycles. The Hall–Kier alpha value is -1.81. The van der Waals surface area contributed by atoms with E-state index >= 15 is 0 Å². The van der Waals surface area contributed by atoms with Gasteiger partial charge in [-0.1, -0.05) is 43.7 Å². The van der Waals surface area contributed by atoms with Gasteiger partial charge in [0.25, 0.3) is 5.91 Å². The van der Waals surface area contributed by atoms with Crippen LogP contribution in [0.2, 0.25) is 0 Å². The molecule has 1 heterocycles. The maximum absolute atomic E-state index is 12.8. The first-order valence-corrected chi connectivity index (χ1v) is 7.86. The predicted octanol–water partition coefficient (Wildman–Crippen LogP) is 2.69. The van der Waals surface area contributed by atoms with Crippen LogP contribution < -0.4 is 11.2 Å². The Balaban J connectivity index is 2.51. The molecule has 1 aliphatic heterocycles. The Bertz CT molecular complexity index is 585. The van der Waals surface area contributed by atoms with Gasteiger partial charge in [-0.2, -0.15) is 0 Å². The lowest BCUT2D eigenvalue weighted by molar-refractivity contribution is -0.142. The maximum atomic E-state index is 12.8. The zero-order valence-corrected chi connectivity index (χ0v) is 14.2. The molecule has 120 valence electrons. The topological polar surface area (TPSA) is 58.4 Å². The van der Waals surface area contributed by atoms with E-state index in [-0.39, 0.29) is 5.91 Å². The molecule has 0 radical (unpaired) electrons. The Labute approximate surface area is 133 Å². The molecule has 1 aromatic carbocycles. The number of hydrogen-bond acceptors (Lipinski definition) is 3. The molecule has 2 rings (SSSR count). The summed E-state index contributed by atoms with van der Waals surface area (Å²) >= 11 is 0. The van der Waals surface area contributed by atoms with Gasteiger partial charge in [0.05, 0.1) is 11.1 Å². The van der Waals surface area contributed by atoms with Gasteiger partial charge in [-0.25, -0.2) is 0 Å². The lowest BCUT2D eigenvalue weighted by atomic mass is 9.79. The largest absolute Gasteiger partial charge is 0.327 e. The molecule has 0 atom stereocenters. The first kappa shape index (κ1) is 16.6. The highest BCUT2D eigenvalue weighted by Gasteiger charge is 2.41. The van der Waals surface area contributed by atoms with Crippen LogP contribution in [0.5, 0.6) is 0 Å². The third-order valence-corrected chi connectivity index (χ3v) is 4.17. The van der Waals surface area contributed by atoms with Gasteiger partial charge in [0.1, 0.15) is 0 Å². The van der Waals surface area contributed by atoms with Crippen LogP contribution in [0.15, 0.2) is 29.8 Å². The van der Waals surface area contributed by atoms with Crippen molar-refractivity contribution in [3.8, 4) is 0 Å². The summed E-state index contributed by atoms with van der Waals surface area (Å²) in [6, 6.07) is 8.31. The normalized spacial score (nSPS) is 18.0. The third kappa shape index (κ3) is 3.02. The van der Waals surface area contributed by atoms with Crippen molar-refractivity contribution in [1.82, 2.24) is 10.4 Å². The van der Waals surface area contributed by atoms with Crippen LogP contribution in [0.25, 0.3) is 5.70 Å². The fourth-order valence-electron chi connectivity index (χ4n) is 2.84. The molecule has 1 aromatic rings. The summed E-state index contributed by atoms with van der Waals surface area (Å²) in [6.07, 6.45) is 0. The molecule has 0 aliphatic carbocycles. The van der Waals surface area contributed by atoms with Gasteiger partial charge in [-0.15, -0.1) is 0 Å². The van der Waals surface area contributed by atoms with E-state index in [1.807, 2.05) is 13.8 Å². The molecule has 1 aliphatic rings. The van der Waals surface area contributed by atoms with Gasteiger partial charge < -0.3 is 5.73 Å². The number of hydrogen-bond donors (Lipinski definition) is 2. The molecule has 0 fully saturated rings. The van der Waals surface area contributed by atoms with Gasteiger partial charge in [-0.05, 0) is 37.8 Å². The lowest BCUT2D eigenvalue weighted by Gasteiger charge is -2.42. The quantitative estimate of drug-likeness (QED) is 0.899. The van der Waals surface area contributed by atoms with Gasteiger partial charge in [-0.3, -0.25) is 15.2 Å². The second kappa shape index (κ2) is 6.13. The fraction of sp³-hybridized carbons (Fsp3) is 0.500. The van der Waals surface area contributed by atoms with Crippen molar-refractivity contribution in [2.45, 2.75) is 34.6 Å². The maximum Gasteiger partial charge on any atom is 0.250 e. The summed E-state index contributed by atoms with van der Waals surface area (Å²) in [5.41, 5.74) is 12.9. The molecular formula is C18H27N3O. The fourth-order valence-corrected chi connectivity index (χ4v) is 2.84. The van der Waals surface area contributed by atoms with Crippen molar-refractivity contribution in [1.29, 1.82) is 0 Å². The van der Waals surface area contributed by atoms with Crippen molar-refractivity contribution in [2.24, 2.45) is 17.1 Å². The van der Waals surface area contributed by atoms with E-state index in [9.17, 15) is 4.79 Å². The zero-order valence-electron chi connectivity index (χ0n) is 14.2. The van der Waals surface area contributed by atoms with Crippen LogP contribution in [0.3, 0.4) is 0 Å². The number of nitrogens with zero attached hydrogens (tertiary/aromatic N) is 1. The van der Waals surface area contributed by atoms with E-state index in [0.717, 1.165) is 16.8 Å². The number of nitrogens with two attached hydrogens (primary N) is 1. The number of amides is 1. The predicted molar refractivity (Wildman–Crippen MR) is 90.6 cm³/mol. The summed E-state index contributed by atoms with van der Waals surface area (Å²) in [4.78, 5) is 12.8. The van der Waals surface area contributed by atoms with Crippen molar-refractivity contribution in [3.05, 3.63) is 41.0 Å². The second-order valence-corrected chi connectivity index (χ2v) is 6.97. The van der Waals surface area contributed by atoms with E-state index in [1.165, 1.54) is 5.56 Å². The molecular weight excluding hydrogens is 274 g/mol. The van der Waals surface area contributed by atoms with Crippen LogP contribution >= 0.6 is 0 Å². The minimum absolute atomic E-state index is 0.0810. The number of benzene rings is 1. The average Bonchev–Trinajstić information content (AvgIpc) is 2.44. The molecule has 0 spiro atoms. The first-order chi connectivity index (χ1) is 10.3. The molecule has 0 aromatic heterocycles. The summed E-state index contributed by atoms with van der Waals surface area (Å²) in [5.74, 6) is 0.475. The molecule has 3 N–H and O–H groups in total. The minimum Gasteiger partial charge on any atom is -0.327 e. The van der Waals surface area contributed by atoms with E-state index in [4.69, 9.17) is 5.73 Å². The summed E-state index contributed by atoms with van der Waals surface area (Å²) in [5, 5.41) is 1.74. The van der Waals surface area contributed by atoms with Crippen LogP contribution in [0.1, 0.15) is 38.8 Å². The highest BCUT2D eigenvalue weighted by molar-refractivity contribution is 5.91. The number of aryl methyl sites for hydroxylation is 1.